The van der Waals surface area contributed by atoms with Crippen molar-refractivity contribution in [3.63, 3.8) is 0 Å². The molecule has 1 fully saturated rings. The lowest BCUT2D eigenvalue weighted by Gasteiger charge is -2.28. The minimum Gasteiger partial charge on any atom is -0.429 e. The molecular weight excluding hydrogens is 296 g/mol. The maximum Gasteiger partial charge on any atom is 0.266 e. The van der Waals surface area contributed by atoms with Crippen molar-refractivity contribution in [1.82, 2.24) is 10.2 Å². The summed E-state index contributed by atoms with van der Waals surface area (Å²) >= 11 is 3.55. The molecule has 0 saturated carbocycles. The number of imide groups is 2. The third kappa shape index (κ3) is 2.38. The first-order valence-corrected chi connectivity index (χ1v) is 6.37. The van der Waals surface area contributed by atoms with Gasteiger partial charge >= 0.3 is 0 Å². The van der Waals surface area contributed by atoms with Crippen LogP contribution in [0.2, 0.25) is 0 Å². The fourth-order valence-corrected chi connectivity index (χ4v) is 2.37. The molecule has 2 rings (SSSR count). The number of nitrogens with one attached hydrogen (secondary N) is 1. The Labute approximate surface area is 125 Å². The van der Waals surface area contributed by atoms with Gasteiger partial charge in [0.1, 0.15) is 11.8 Å². The summed E-state index contributed by atoms with van der Waals surface area (Å²) in [5.74, 6) is -2.62. The van der Waals surface area contributed by atoms with Crippen molar-refractivity contribution in [1.29, 1.82) is 0 Å². The first kappa shape index (κ1) is 15.0. The van der Waals surface area contributed by atoms with Gasteiger partial charge in [-0.1, -0.05) is 19.2 Å². The number of amides is 4. The summed E-state index contributed by atoms with van der Waals surface area (Å²) in [4.78, 5) is 48.4. The fourth-order valence-electron chi connectivity index (χ4n) is 2.28. The van der Waals surface area contributed by atoms with Crippen LogP contribution in [-0.2, 0) is 23.4 Å². The number of thiol groups is 1. The highest BCUT2D eigenvalue weighted by molar-refractivity contribution is 7.75. The van der Waals surface area contributed by atoms with Crippen molar-refractivity contribution in [2.24, 2.45) is 0 Å². The van der Waals surface area contributed by atoms with Gasteiger partial charge < -0.3 is 4.18 Å². The van der Waals surface area contributed by atoms with Gasteiger partial charge in [0.2, 0.25) is 11.8 Å². The molecule has 0 aromatic heterocycles. The van der Waals surface area contributed by atoms with Gasteiger partial charge in [-0.3, -0.25) is 29.4 Å². The molecule has 1 unspecified atom stereocenters. The Bertz CT molecular complexity index is 622. The topological polar surface area (TPSA) is 92.8 Å². The monoisotopic (exact) mass is 308 g/mol. The Morgan fingerprint density at radius 2 is 2.00 bits per heavy atom. The van der Waals surface area contributed by atoms with Crippen LogP contribution in [0.15, 0.2) is 36.1 Å². The molecule has 0 aromatic carbocycles. The molecule has 1 saturated heterocycles. The van der Waals surface area contributed by atoms with E-state index in [1.807, 2.05) is 0 Å². The van der Waals surface area contributed by atoms with Crippen LogP contribution in [0.3, 0.4) is 0 Å². The van der Waals surface area contributed by atoms with Crippen LogP contribution in [-0.4, -0.2) is 34.6 Å². The number of rotatable bonds is 4. The van der Waals surface area contributed by atoms with Crippen LogP contribution in [0.1, 0.15) is 12.8 Å². The van der Waals surface area contributed by atoms with E-state index >= 15 is 0 Å². The first-order chi connectivity index (χ1) is 9.92. The van der Waals surface area contributed by atoms with Gasteiger partial charge in [-0.2, -0.15) is 0 Å². The zero-order chi connectivity index (χ0) is 15.7. The molecule has 4 amide bonds. The average molecular weight is 308 g/mol. The quantitative estimate of drug-likeness (QED) is 0.330. The van der Waals surface area contributed by atoms with Crippen molar-refractivity contribution in [2.45, 2.75) is 18.9 Å². The normalized spacial score (nSPS) is 22.5. The Balaban J connectivity index is 2.37. The average Bonchev–Trinajstić information content (AvgIpc) is 2.69. The van der Waals surface area contributed by atoms with Crippen molar-refractivity contribution in [3.8, 4) is 0 Å². The molecule has 0 aliphatic carbocycles. The van der Waals surface area contributed by atoms with Crippen molar-refractivity contribution in [3.05, 3.63) is 36.1 Å². The van der Waals surface area contributed by atoms with E-state index in [9.17, 15) is 19.2 Å². The molecule has 0 radical (unpaired) electrons. The predicted molar refractivity (Wildman–Crippen MR) is 74.5 cm³/mol. The maximum atomic E-state index is 12.4. The third-order valence-electron chi connectivity index (χ3n) is 3.27. The minimum absolute atomic E-state index is 0.0104. The molecule has 7 nitrogen and oxygen atoms in total. The van der Waals surface area contributed by atoms with Gasteiger partial charge in [0, 0.05) is 19.3 Å². The van der Waals surface area contributed by atoms with Gasteiger partial charge in [0.25, 0.3) is 11.8 Å². The summed E-state index contributed by atoms with van der Waals surface area (Å²) in [6.45, 7) is 6.96. The van der Waals surface area contributed by atoms with Crippen LogP contribution >= 0.6 is 12.9 Å². The van der Waals surface area contributed by atoms with Crippen LogP contribution in [0, 0.1) is 0 Å². The molecule has 1 N–H and O–H groups in total. The van der Waals surface area contributed by atoms with Crippen molar-refractivity contribution < 1.29 is 23.4 Å². The Kier molecular flexibility index (Phi) is 3.99. The summed E-state index contributed by atoms with van der Waals surface area (Å²) in [5, 5.41) is 2.10. The van der Waals surface area contributed by atoms with Gasteiger partial charge in [-0.05, 0) is 6.42 Å². The molecule has 1 atom stereocenters. The van der Waals surface area contributed by atoms with Crippen molar-refractivity contribution >= 4 is 36.5 Å². The number of carbonyl (C=O) groups excluding carboxylic acids is 4. The van der Waals surface area contributed by atoms with E-state index in [-0.39, 0.29) is 29.7 Å². The molecule has 21 heavy (non-hydrogen) atoms. The molecule has 0 aromatic rings. The second kappa shape index (κ2) is 5.57. The lowest BCUT2D eigenvalue weighted by atomic mass is 10.0. The molecule has 110 valence electrons. The molecule has 0 spiro atoms. The van der Waals surface area contributed by atoms with E-state index < -0.39 is 29.7 Å². The Morgan fingerprint density at radius 3 is 2.52 bits per heavy atom. The van der Waals surface area contributed by atoms with E-state index in [2.05, 4.69) is 35.6 Å². The number of nitrogens with zero attached hydrogens (tertiary/aromatic N) is 1. The lowest BCUT2D eigenvalue weighted by Crippen LogP contribution is -2.54. The smallest absolute Gasteiger partial charge is 0.266 e. The Morgan fingerprint density at radius 1 is 1.33 bits per heavy atom. The molecular formula is C13H12N2O5S. The van der Waals surface area contributed by atoms with E-state index in [0.29, 0.717) is 0 Å². The summed E-state index contributed by atoms with van der Waals surface area (Å²) in [7, 11) is 0. The van der Waals surface area contributed by atoms with Gasteiger partial charge in [-0.15, -0.1) is 0 Å². The van der Waals surface area contributed by atoms with E-state index in [1.165, 1.54) is 6.08 Å². The number of piperidine rings is 1. The van der Waals surface area contributed by atoms with Gasteiger partial charge in [0.15, 0.2) is 0 Å². The second-order valence-electron chi connectivity index (χ2n) is 4.45. The van der Waals surface area contributed by atoms with Gasteiger partial charge in [-0.25, -0.2) is 0 Å². The zero-order valence-corrected chi connectivity index (χ0v) is 11.8. The highest BCUT2D eigenvalue weighted by Crippen LogP contribution is 2.30. The van der Waals surface area contributed by atoms with E-state index in [4.69, 9.17) is 0 Å². The highest BCUT2D eigenvalue weighted by atomic mass is 32.1. The molecule has 0 bridgehead atoms. The second-order valence-corrected chi connectivity index (χ2v) is 4.64. The standard InChI is InChI=1S/C13H12N2O5S/c1-3-7-10(6(2)20-21)13(19)15(12(7)18)8-4-5-9(16)14-11(8)17/h3,8,21H,1-2,4-5H2,(H,14,16,17). The summed E-state index contributed by atoms with van der Waals surface area (Å²) < 4.78 is 4.60. The largest absolute Gasteiger partial charge is 0.429 e. The number of hydrogen-bond acceptors (Lipinski definition) is 6. The number of hydrogen-bond donors (Lipinski definition) is 2. The van der Waals surface area contributed by atoms with Gasteiger partial charge in [0.05, 0.1) is 11.1 Å². The van der Waals surface area contributed by atoms with Crippen LogP contribution in [0.4, 0.5) is 0 Å². The summed E-state index contributed by atoms with van der Waals surface area (Å²) in [6, 6.07) is -1.04. The first-order valence-electron chi connectivity index (χ1n) is 6.01. The van der Waals surface area contributed by atoms with E-state index in [1.54, 1.807) is 0 Å². The van der Waals surface area contributed by atoms with Crippen LogP contribution in [0.25, 0.3) is 0 Å². The minimum atomic E-state index is -1.04. The zero-order valence-electron chi connectivity index (χ0n) is 10.9. The molecule has 2 aliphatic rings. The predicted octanol–water partition coefficient (Wildman–Crippen LogP) is 0.0181. The van der Waals surface area contributed by atoms with Crippen LogP contribution < -0.4 is 5.32 Å². The maximum absolute atomic E-state index is 12.4. The van der Waals surface area contributed by atoms with Crippen LogP contribution in [0.5, 0.6) is 0 Å². The van der Waals surface area contributed by atoms with E-state index in [0.717, 1.165) is 4.90 Å². The fraction of sp³-hybridized carbons (Fsp3) is 0.231. The lowest BCUT2D eigenvalue weighted by molar-refractivity contribution is -0.150. The summed E-state index contributed by atoms with van der Waals surface area (Å²) in [6.07, 6.45) is 1.32. The summed E-state index contributed by atoms with van der Waals surface area (Å²) in [5.41, 5.74) is -0.0987. The third-order valence-corrected chi connectivity index (χ3v) is 3.49. The molecule has 2 aliphatic heterocycles. The number of carbonyl (C=O) groups is 4. The Hall–Kier alpha value is -2.35. The van der Waals surface area contributed by atoms with Crippen molar-refractivity contribution in [2.75, 3.05) is 0 Å². The molecule has 2 heterocycles. The molecule has 8 heteroatoms. The SMILES string of the molecule is C=CC1=C(C(=C)OS)C(=O)N(C2CCC(=O)NC2=O)C1=O. The highest BCUT2D eigenvalue weighted by Gasteiger charge is 2.46.